The van der Waals surface area contributed by atoms with E-state index in [1.165, 1.54) is 0 Å². The second-order valence-corrected chi connectivity index (χ2v) is 7.18. The van der Waals surface area contributed by atoms with E-state index in [4.69, 9.17) is 0 Å². The lowest BCUT2D eigenvalue weighted by Gasteiger charge is -2.30. The lowest BCUT2D eigenvalue weighted by molar-refractivity contribution is 0.118. The second kappa shape index (κ2) is 12.0. The number of hydrogen-bond acceptors (Lipinski definition) is 4. The molecule has 3 N–H and O–H groups in total. The number of hydrogen-bond donors (Lipinski definition) is 3. The van der Waals surface area contributed by atoms with Crippen molar-refractivity contribution in [2.45, 2.75) is 59.9 Å². The van der Waals surface area contributed by atoms with Gasteiger partial charge in [0, 0.05) is 23.9 Å². The van der Waals surface area contributed by atoms with Crippen molar-refractivity contribution in [3.05, 3.63) is 16.1 Å². The van der Waals surface area contributed by atoms with E-state index < -0.39 is 0 Å². The van der Waals surface area contributed by atoms with E-state index in [0.717, 1.165) is 42.6 Å². The van der Waals surface area contributed by atoms with Gasteiger partial charge in [-0.25, -0.2) is 9.98 Å². The summed E-state index contributed by atoms with van der Waals surface area (Å²) < 4.78 is 0. The van der Waals surface area contributed by atoms with Gasteiger partial charge in [-0.1, -0.05) is 27.7 Å². The van der Waals surface area contributed by atoms with Gasteiger partial charge < -0.3 is 15.7 Å². The van der Waals surface area contributed by atoms with Gasteiger partial charge in [-0.3, -0.25) is 0 Å². The van der Waals surface area contributed by atoms with Crippen LogP contribution >= 0.6 is 35.3 Å². The predicted octanol–water partition coefficient (Wildman–Crippen LogP) is 3.74. The van der Waals surface area contributed by atoms with Crippen molar-refractivity contribution >= 4 is 41.3 Å². The van der Waals surface area contributed by atoms with E-state index in [1.54, 1.807) is 11.3 Å². The fourth-order valence-electron chi connectivity index (χ4n) is 2.20. The van der Waals surface area contributed by atoms with Crippen LogP contribution in [0.1, 0.15) is 64.1 Å². The minimum absolute atomic E-state index is 0. The maximum absolute atomic E-state index is 9.67. The molecular formula is C17H33IN4OS. The Bertz CT molecular complexity index is 478. The van der Waals surface area contributed by atoms with Gasteiger partial charge in [-0.05, 0) is 25.7 Å². The molecule has 0 fully saturated rings. The first-order valence-corrected chi connectivity index (χ1v) is 9.45. The van der Waals surface area contributed by atoms with Crippen LogP contribution in [-0.4, -0.2) is 35.7 Å². The van der Waals surface area contributed by atoms with E-state index in [1.807, 2.05) is 0 Å². The van der Waals surface area contributed by atoms with Crippen LogP contribution in [0.3, 0.4) is 0 Å². The Morgan fingerprint density at radius 2 is 1.96 bits per heavy atom. The van der Waals surface area contributed by atoms with Crippen LogP contribution in [0, 0.1) is 5.41 Å². The van der Waals surface area contributed by atoms with Crippen LogP contribution < -0.4 is 10.6 Å². The summed E-state index contributed by atoms with van der Waals surface area (Å²) in [7, 11) is 0. The van der Waals surface area contributed by atoms with Crippen molar-refractivity contribution < 1.29 is 5.11 Å². The third-order valence-corrected chi connectivity index (χ3v) is 5.20. The summed E-state index contributed by atoms with van der Waals surface area (Å²) in [5.41, 5.74) is 1.05. The Labute approximate surface area is 167 Å². The monoisotopic (exact) mass is 468 g/mol. The van der Waals surface area contributed by atoms with Crippen molar-refractivity contribution in [3.8, 4) is 0 Å². The molecule has 5 nitrogen and oxygen atoms in total. The molecule has 0 amide bonds. The first-order chi connectivity index (χ1) is 11.0. The summed E-state index contributed by atoms with van der Waals surface area (Å²) in [6, 6.07) is 0. The summed E-state index contributed by atoms with van der Waals surface area (Å²) in [5, 5.41) is 19.4. The molecule has 0 atom stereocenters. The normalized spacial score (nSPS) is 12.2. The lowest BCUT2D eigenvalue weighted by Crippen LogP contribution is -2.44. The van der Waals surface area contributed by atoms with Gasteiger partial charge in [0.25, 0.3) is 0 Å². The third kappa shape index (κ3) is 7.23. The number of guanidine groups is 1. The highest BCUT2D eigenvalue weighted by Crippen LogP contribution is 2.24. The number of nitrogens with zero attached hydrogens (tertiary/aromatic N) is 2. The van der Waals surface area contributed by atoms with Crippen LogP contribution in [0.5, 0.6) is 0 Å². The van der Waals surface area contributed by atoms with Crippen LogP contribution in [0.2, 0.25) is 0 Å². The fraction of sp³-hybridized carbons (Fsp3) is 0.765. The number of aliphatic imine (C=N–C) groups is 1. The highest BCUT2D eigenvalue weighted by atomic mass is 127. The lowest BCUT2D eigenvalue weighted by atomic mass is 9.83. The first kappa shape index (κ1) is 23.6. The zero-order valence-electron chi connectivity index (χ0n) is 15.6. The Kier molecular flexibility index (Phi) is 11.8. The molecule has 0 saturated heterocycles. The highest BCUT2D eigenvalue weighted by Gasteiger charge is 2.25. The topological polar surface area (TPSA) is 69.5 Å². The van der Waals surface area contributed by atoms with Crippen molar-refractivity contribution in [3.63, 3.8) is 0 Å². The van der Waals surface area contributed by atoms with Gasteiger partial charge >= 0.3 is 0 Å². The Balaban J connectivity index is 0.00000529. The smallest absolute Gasteiger partial charge is 0.191 e. The SMILES string of the molecule is CCNC(=NCc1nc(C(C)C)cs1)NCC(CC)(CC)CO.I. The van der Waals surface area contributed by atoms with E-state index in [0.29, 0.717) is 12.5 Å². The number of nitrogens with one attached hydrogen (secondary N) is 2. The summed E-state index contributed by atoms with van der Waals surface area (Å²) >= 11 is 1.66. The molecule has 1 aromatic heterocycles. The standard InChI is InChI=1S/C17H32N4OS.HI/c1-6-17(7-2,12-22)11-20-16(18-8-3)19-9-15-21-14(10-23-15)13(4)5;/h10,13,22H,6-9,11-12H2,1-5H3,(H2,18,19,20);1H. The van der Waals surface area contributed by atoms with E-state index in [-0.39, 0.29) is 36.0 Å². The van der Waals surface area contributed by atoms with E-state index in [2.05, 4.69) is 60.6 Å². The molecule has 1 heterocycles. The van der Waals surface area contributed by atoms with Crippen molar-refractivity contribution in [1.29, 1.82) is 0 Å². The molecule has 0 bridgehead atoms. The van der Waals surface area contributed by atoms with Crippen LogP contribution in [0.15, 0.2) is 10.4 Å². The molecule has 0 spiro atoms. The van der Waals surface area contributed by atoms with Crippen molar-refractivity contribution in [1.82, 2.24) is 15.6 Å². The zero-order valence-corrected chi connectivity index (χ0v) is 18.7. The quantitative estimate of drug-likeness (QED) is 0.294. The van der Waals surface area contributed by atoms with Gasteiger partial charge in [-0.15, -0.1) is 35.3 Å². The third-order valence-electron chi connectivity index (χ3n) is 4.34. The number of thiazole rings is 1. The summed E-state index contributed by atoms with van der Waals surface area (Å²) in [4.78, 5) is 9.24. The maximum atomic E-state index is 9.67. The maximum Gasteiger partial charge on any atom is 0.191 e. The number of aliphatic hydroxyl groups excluding tert-OH is 1. The Morgan fingerprint density at radius 1 is 1.29 bits per heavy atom. The van der Waals surface area contributed by atoms with Gasteiger partial charge in [-0.2, -0.15) is 0 Å². The molecular weight excluding hydrogens is 435 g/mol. The molecule has 0 unspecified atom stereocenters. The minimum atomic E-state index is -0.0812. The van der Waals surface area contributed by atoms with Gasteiger partial charge in [0.1, 0.15) is 5.01 Å². The summed E-state index contributed by atoms with van der Waals surface area (Å²) in [5.74, 6) is 1.24. The second-order valence-electron chi connectivity index (χ2n) is 6.23. The van der Waals surface area contributed by atoms with Crippen molar-refractivity contribution in [2.24, 2.45) is 10.4 Å². The fourth-order valence-corrected chi connectivity index (χ4v) is 3.08. The van der Waals surface area contributed by atoms with Crippen LogP contribution in [0.4, 0.5) is 0 Å². The Hall–Kier alpha value is -0.410. The number of aromatic nitrogens is 1. The molecule has 0 aliphatic rings. The van der Waals surface area contributed by atoms with Crippen LogP contribution in [0.25, 0.3) is 0 Å². The average molecular weight is 468 g/mol. The average Bonchev–Trinajstić information content (AvgIpc) is 3.03. The first-order valence-electron chi connectivity index (χ1n) is 8.57. The van der Waals surface area contributed by atoms with Crippen molar-refractivity contribution in [2.75, 3.05) is 19.7 Å². The summed E-state index contributed by atoms with van der Waals surface area (Å²) in [6.07, 6.45) is 1.88. The zero-order chi connectivity index (χ0) is 17.3. The number of rotatable bonds is 9. The molecule has 140 valence electrons. The molecule has 0 saturated carbocycles. The highest BCUT2D eigenvalue weighted by molar-refractivity contribution is 14.0. The van der Waals surface area contributed by atoms with Gasteiger partial charge in [0.15, 0.2) is 5.96 Å². The molecule has 0 aliphatic carbocycles. The van der Waals surface area contributed by atoms with Crippen LogP contribution in [-0.2, 0) is 6.54 Å². The largest absolute Gasteiger partial charge is 0.396 e. The molecule has 24 heavy (non-hydrogen) atoms. The molecule has 1 rings (SSSR count). The molecule has 1 aromatic rings. The summed E-state index contributed by atoms with van der Waals surface area (Å²) in [6.45, 7) is 12.9. The van der Waals surface area contributed by atoms with E-state index >= 15 is 0 Å². The minimum Gasteiger partial charge on any atom is -0.396 e. The Morgan fingerprint density at radius 3 is 2.42 bits per heavy atom. The predicted molar refractivity (Wildman–Crippen MR) is 115 cm³/mol. The number of aliphatic hydroxyl groups is 1. The van der Waals surface area contributed by atoms with Gasteiger partial charge in [0.2, 0.25) is 0 Å². The molecule has 0 radical (unpaired) electrons. The number of halogens is 1. The van der Waals surface area contributed by atoms with E-state index in [9.17, 15) is 5.11 Å². The molecule has 7 heteroatoms. The molecule has 0 aromatic carbocycles. The molecule has 0 aliphatic heterocycles. The van der Waals surface area contributed by atoms with Gasteiger partial charge in [0.05, 0.1) is 18.8 Å².